The summed E-state index contributed by atoms with van der Waals surface area (Å²) in [5.41, 5.74) is 0.0321. The average molecular weight is 242 g/mol. The second-order valence-corrected chi connectivity index (χ2v) is 5.74. The molecule has 0 aromatic carbocycles. The Labute approximate surface area is 105 Å². The van der Waals surface area contributed by atoms with Gasteiger partial charge < -0.3 is 19.7 Å². The molecule has 4 nitrogen and oxygen atoms in total. The highest BCUT2D eigenvalue weighted by Crippen LogP contribution is 2.37. The summed E-state index contributed by atoms with van der Waals surface area (Å²) in [6, 6.07) is 0.561. The highest BCUT2D eigenvalue weighted by atomic mass is 16.6. The fourth-order valence-electron chi connectivity index (χ4n) is 3.14. The van der Waals surface area contributed by atoms with Gasteiger partial charge >= 0.3 is 0 Å². The lowest BCUT2D eigenvalue weighted by atomic mass is 9.81. The first kappa shape index (κ1) is 13.3. The lowest BCUT2D eigenvalue weighted by Gasteiger charge is -2.41. The van der Waals surface area contributed by atoms with Gasteiger partial charge in [-0.2, -0.15) is 0 Å². The van der Waals surface area contributed by atoms with E-state index in [2.05, 4.69) is 31.4 Å². The van der Waals surface area contributed by atoms with E-state index < -0.39 is 0 Å². The van der Waals surface area contributed by atoms with Crippen molar-refractivity contribution in [1.29, 1.82) is 0 Å². The van der Waals surface area contributed by atoms with Crippen LogP contribution in [0, 0.1) is 5.92 Å². The maximum absolute atomic E-state index is 5.99. The molecule has 2 aliphatic rings. The monoisotopic (exact) mass is 242 g/mol. The van der Waals surface area contributed by atoms with Gasteiger partial charge in [-0.1, -0.05) is 0 Å². The average Bonchev–Trinajstić information content (AvgIpc) is 2.74. The molecule has 3 unspecified atom stereocenters. The summed E-state index contributed by atoms with van der Waals surface area (Å²) in [4.78, 5) is 2.26. The highest BCUT2D eigenvalue weighted by molar-refractivity contribution is 4.93. The van der Waals surface area contributed by atoms with Crippen LogP contribution in [0.2, 0.25) is 0 Å². The molecule has 2 fully saturated rings. The van der Waals surface area contributed by atoms with Crippen LogP contribution in [-0.2, 0) is 9.47 Å². The number of ether oxygens (including phenoxy) is 2. The van der Waals surface area contributed by atoms with Crippen molar-refractivity contribution in [2.45, 2.75) is 30.9 Å². The van der Waals surface area contributed by atoms with Gasteiger partial charge in [-0.25, -0.2) is 0 Å². The number of nitrogens with one attached hydrogen (secondary N) is 1. The quantitative estimate of drug-likeness (QED) is 0.788. The molecule has 0 amide bonds. The van der Waals surface area contributed by atoms with Crippen molar-refractivity contribution in [3.05, 3.63) is 0 Å². The molecule has 100 valence electrons. The van der Waals surface area contributed by atoms with E-state index in [0.717, 1.165) is 39.2 Å². The number of hydrogen-bond acceptors (Lipinski definition) is 4. The smallest absolute Gasteiger partial charge is 0.0939 e. The molecule has 0 saturated carbocycles. The van der Waals surface area contributed by atoms with Gasteiger partial charge in [0, 0.05) is 32.2 Å². The van der Waals surface area contributed by atoms with Gasteiger partial charge in [-0.3, -0.25) is 0 Å². The number of rotatable bonds is 4. The van der Waals surface area contributed by atoms with Gasteiger partial charge in [0.15, 0.2) is 0 Å². The van der Waals surface area contributed by atoms with Crippen molar-refractivity contribution in [1.82, 2.24) is 10.2 Å². The number of hydrogen-bond donors (Lipinski definition) is 1. The van der Waals surface area contributed by atoms with Crippen molar-refractivity contribution in [2.24, 2.45) is 5.92 Å². The van der Waals surface area contributed by atoms with Crippen LogP contribution in [-0.4, -0.2) is 64.1 Å². The fourth-order valence-corrected chi connectivity index (χ4v) is 3.14. The summed E-state index contributed by atoms with van der Waals surface area (Å²) in [6.07, 6.45) is 3.38. The van der Waals surface area contributed by atoms with E-state index in [1.807, 2.05) is 0 Å². The van der Waals surface area contributed by atoms with Gasteiger partial charge in [0.1, 0.15) is 0 Å². The standard InChI is InChI=1S/C13H26N2O2/c1-14-12(9-15(2)3)11-4-6-17-13(8-11)5-7-16-10-13/h11-12,14H,4-10H2,1-3H3. The third-order valence-electron chi connectivity index (χ3n) is 4.10. The molecule has 0 aliphatic carbocycles. The van der Waals surface area contributed by atoms with E-state index in [0.29, 0.717) is 12.0 Å². The first-order valence-electron chi connectivity index (χ1n) is 6.69. The Morgan fingerprint density at radius 3 is 2.82 bits per heavy atom. The van der Waals surface area contributed by atoms with Gasteiger partial charge in [0.05, 0.1) is 12.2 Å². The second kappa shape index (κ2) is 5.65. The second-order valence-electron chi connectivity index (χ2n) is 5.74. The molecule has 2 aliphatic heterocycles. The summed E-state index contributed by atoms with van der Waals surface area (Å²) < 4.78 is 11.5. The van der Waals surface area contributed by atoms with E-state index in [4.69, 9.17) is 9.47 Å². The fraction of sp³-hybridized carbons (Fsp3) is 1.00. The Morgan fingerprint density at radius 2 is 2.24 bits per heavy atom. The minimum atomic E-state index is 0.0321. The van der Waals surface area contributed by atoms with Crippen molar-refractivity contribution >= 4 is 0 Å². The van der Waals surface area contributed by atoms with Crippen molar-refractivity contribution in [3.63, 3.8) is 0 Å². The molecule has 4 heteroatoms. The molecule has 2 rings (SSSR count). The van der Waals surface area contributed by atoms with E-state index in [9.17, 15) is 0 Å². The predicted molar refractivity (Wildman–Crippen MR) is 68.2 cm³/mol. The van der Waals surface area contributed by atoms with Crippen LogP contribution in [0.1, 0.15) is 19.3 Å². The predicted octanol–water partition coefficient (Wildman–Crippen LogP) is 0.722. The summed E-state index contributed by atoms with van der Waals surface area (Å²) in [7, 11) is 6.34. The van der Waals surface area contributed by atoms with Crippen LogP contribution in [0.15, 0.2) is 0 Å². The summed E-state index contributed by atoms with van der Waals surface area (Å²) >= 11 is 0. The Bertz CT molecular complexity index is 240. The lowest BCUT2D eigenvalue weighted by molar-refractivity contribution is -0.103. The molecule has 1 spiro atoms. The maximum Gasteiger partial charge on any atom is 0.0939 e. The molecule has 0 radical (unpaired) electrons. The van der Waals surface area contributed by atoms with E-state index >= 15 is 0 Å². The topological polar surface area (TPSA) is 33.7 Å². The van der Waals surface area contributed by atoms with E-state index in [1.165, 1.54) is 6.42 Å². The van der Waals surface area contributed by atoms with Crippen molar-refractivity contribution in [3.8, 4) is 0 Å². The van der Waals surface area contributed by atoms with Gasteiger partial charge in [0.2, 0.25) is 0 Å². The van der Waals surface area contributed by atoms with Gasteiger partial charge in [-0.05, 0) is 39.9 Å². The van der Waals surface area contributed by atoms with E-state index in [-0.39, 0.29) is 5.60 Å². The zero-order valence-corrected chi connectivity index (χ0v) is 11.4. The van der Waals surface area contributed by atoms with E-state index in [1.54, 1.807) is 0 Å². The minimum absolute atomic E-state index is 0.0321. The molecule has 17 heavy (non-hydrogen) atoms. The lowest BCUT2D eigenvalue weighted by Crippen LogP contribution is -2.49. The normalized spacial score (nSPS) is 35.6. The zero-order chi connectivity index (χ0) is 12.3. The van der Waals surface area contributed by atoms with Gasteiger partial charge in [0.25, 0.3) is 0 Å². The maximum atomic E-state index is 5.99. The Balaban J connectivity index is 1.95. The third kappa shape index (κ3) is 3.19. The Hall–Kier alpha value is -0.160. The molecular formula is C13H26N2O2. The molecule has 0 bridgehead atoms. The molecule has 2 heterocycles. The minimum Gasteiger partial charge on any atom is -0.378 e. The Morgan fingerprint density at radius 1 is 1.41 bits per heavy atom. The molecule has 1 N–H and O–H groups in total. The SMILES string of the molecule is CNC(CN(C)C)C1CCOC2(CCOC2)C1. The number of nitrogens with zero attached hydrogens (tertiary/aromatic N) is 1. The Kier molecular flexibility index (Phi) is 4.42. The first-order valence-corrected chi connectivity index (χ1v) is 6.69. The number of likely N-dealkylation sites (N-methyl/N-ethyl adjacent to an activating group) is 2. The highest BCUT2D eigenvalue weighted by Gasteiger charge is 2.42. The van der Waals surface area contributed by atoms with Crippen LogP contribution in [0.3, 0.4) is 0 Å². The molecule has 3 atom stereocenters. The largest absolute Gasteiger partial charge is 0.378 e. The van der Waals surface area contributed by atoms with Crippen LogP contribution in [0.25, 0.3) is 0 Å². The zero-order valence-electron chi connectivity index (χ0n) is 11.4. The molecule has 2 saturated heterocycles. The first-order chi connectivity index (χ1) is 8.15. The summed E-state index contributed by atoms with van der Waals surface area (Å²) in [5.74, 6) is 0.706. The van der Waals surface area contributed by atoms with Crippen LogP contribution < -0.4 is 5.32 Å². The third-order valence-corrected chi connectivity index (χ3v) is 4.10. The summed E-state index contributed by atoms with van der Waals surface area (Å²) in [6.45, 7) is 3.64. The van der Waals surface area contributed by atoms with Crippen LogP contribution in [0.5, 0.6) is 0 Å². The van der Waals surface area contributed by atoms with Crippen LogP contribution in [0.4, 0.5) is 0 Å². The molecule has 0 aromatic heterocycles. The van der Waals surface area contributed by atoms with Gasteiger partial charge in [-0.15, -0.1) is 0 Å². The molecule has 0 aromatic rings. The van der Waals surface area contributed by atoms with Crippen LogP contribution >= 0.6 is 0 Å². The van der Waals surface area contributed by atoms with Crippen molar-refractivity contribution in [2.75, 3.05) is 47.5 Å². The summed E-state index contributed by atoms with van der Waals surface area (Å²) in [5, 5.41) is 3.47. The molecular weight excluding hydrogens is 216 g/mol. The van der Waals surface area contributed by atoms with Crippen molar-refractivity contribution < 1.29 is 9.47 Å².